The first-order chi connectivity index (χ1) is 11.3. The van der Waals surface area contributed by atoms with Gasteiger partial charge in [0, 0.05) is 25.4 Å². The normalized spacial score (nSPS) is 19.0. The molecule has 23 heavy (non-hydrogen) atoms. The van der Waals surface area contributed by atoms with Crippen molar-refractivity contribution >= 4 is 17.0 Å². The fraction of sp³-hybridized carbons (Fsp3) is 0.353. The van der Waals surface area contributed by atoms with E-state index in [1.807, 2.05) is 41.2 Å². The minimum Gasteiger partial charge on any atom is -0.377 e. The molecule has 1 fully saturated rings. The lowest BCUT2D eigenvalue weighted by Crippen LogP contribution is -2.31. The Kier molecular flexibility index (Phi) is 3.67. The largest absolute Gasteiger partial charge is 0.377 e. The molecule has 0 aliphatic carbocycles. The summed E-state index contributed by atoms with van der Waals surface area (Å²) in [4.78, 5) is 15.8. The van der Waals surface area contributed by atoms with Gasteiger partial charge in [-0.3, -0.25) is 4.57 Å². The fourth-order valence-electron chi connectivity index (χ4n) is 3.02. The number of benzene rings is 1. The fourth-order valence-corrected chi connectivity index (χ4v) is 3.02. The summed E-state index contributed by atoms with van der Waals surface area (Å²) < 4.78 is 7.73. The van der Waals surface area contributed by atoms with Crippen molar-refractivity contribution in [2.45, 2.75) is 19.4 Å². The summed E-state index contributed by atoms with van der Waals surface area (Å²) in [7, 11) is 0. The third kappa shape index (κ3) is 2.66. The first kappa shape index (κ1) is 14.1. The van der Waals surface area contributed by atoms with E-state index in [1.165, 1.54) is 0 Å². The van der Waals surface area contributed by atoms with E-state index in [9.17, 15) is 0 Å². The average Bonchev–Trinajstić information content (AvgIpc) is 2.91. The molecule has 0 amide bonds. The minimum absolute atomic E-state index is 0.193. The van der Waals surface area contributed by atoms with E-state index in [4.69, 9.17) is 4.74 Å². The lowest BCUT2D eigenvalue weighted by atomic mass is 10.3. The van der Waals surface area contributed by atoms with E-state index < -0.39 is 0 Å². The van der Waals surface area contributed by atoms with Crippen LogP contribution in [0.4, 0.5) is 5.82 Å². The molecular weight excluding hydrogens is 290 g/mol. The van der Waals surface area contributed by atoms with Crippen molar-refractivity contribution in [2.75, 3.05) is 24.6 Å². The number of ether oxygens (including phenoxy) is 1. The monoisotopic (exact) mass is 309 g/mol. The number of anilines is 1. The van der Waals surface area contributed by atoms with Gasteiger partial charge in [-0.15, -0.1) is 0 Å². The van der Waals surface area contributed by atoms with Gasteiger partial charge in [-0.2, -0.15) is 0 Å². The van der Waals surface area contributed by atoms with E-state index in [0.29, 0.717) is 0 Å². The predicted molar refractivity (Wildman–Crippen MR) is 88.9 cm³/mol. The summed E-state index contributed by atoms with van der Waals surface area (Å²) in [5.41, 5.74) is 2.72. The maximum atomic E-state index is 5.73. The molecule has 4 rings (SSSR count). The highest BCUT2D eigenvalue weighted by Gasteiger charge is 2.20. The Balaban J connectivity index is 1.79. The van der Waals surface area contributed by atoms with Crippen LogP contribution in [0, 0.1) is 0 Å². The van der Waals surface area contributed by atoms with Crippen LogP contribution < -0.4 is 4.90 Å². The highest BCUT2D eigenvalue weighted by Crippen LogP contribution is 2.25. The number of para-hydroxylation sites is 1. The van der Waals surface area contributed by atoms with Crippen LogP contribution in [-0.2, 0) is 4.74 Å². The first-order valence-corrected chi connectivity index (χ1v) is 7.93. The van der Waals surface area contributed by atoms with Crippen LogP contribution >= 0.6 is 0 Å². The van der Waals surface area contributed by atoms with E-state index in [2.05, 4.69) is 26.8 Å². The summed E-state index contributed by atoms with van der Waals surface area (Å²) >= 11 is 0. The second kappa shape index (κ2) is 5.96. The van der Waals surface area contributed by atoms with Crippen molar-refractivity contribution in [3.05, 3.63) is 43.0 Å². The number of hydrogen-bond acceptors (Lipinski definition) is 5. The van der Waals surface area contributed by atoms with E-state index in [0.717, 1.165) is 48.8 Å². The van der Waals surface area contributed by atoms with Crippen molar-refractivity contribution in [3.63, 3.8) is 0 Å². The summed E-state index contributed by atoms with van der Waals surface area (Å²) in [6.45, 7) is 4.64. The van der Waals surface area contributed by atoms with Crippen LogP contribution in [0.15, 0.2) is 43.0 Å². The van der Waals surface area contributed by atoms with Gasteiger partial charge >= 0.3 is 0 Å². The Hall–Kier alpha value is -2.47. The molecule has 0 unspecified atom stereocenters. The molecule has 0 N–H and O–H groups in total. The molecule has 0 bridgehead atoms. The van der Waals surface area contributed by atoms with Crippen LogP contribution in [0.25, 0.3) is 16.9 Å². The number of imidazole rings is 1. The summed E-state index contributed by atoms with van der Waals surface area (Å²) in [6, 6.07) is 10.1. The summed E-state index contributed by atoms with van der Waals surface area (Å²) in [6.07, 6.45) is 4.62. The molecule has 0 radical (unpaired) electrons. The number of fused-ring (bicyclic) bond motifs is 1. The Morgan fingerprint density at radius 1 is 1.13 bits per heavy atom. The van der Waals surface area contributed by atoms with E-state index in [-0.39, 0.29) is 6.10 Å². The Bertz CT molecular complexity index is 801. The second-order valence-corrected chi connectivity index (χ2v) is 5.80. The molecule has 1 saturated heterocycles. The van der Waals surface area contributed by atoms with E-state index in [1.54, 1.807) is 6.33 Å². The number of aromatic nitrogens is 4. The van der Waals surface area contributed by atoms with Gasteiger partial charge in [-0.1, -0.05) is 18.2 Å². The lowest BCUT2D eigenvalue weighted by Gasteiger charge is -2.23. The van der Waals surface area contributed by atoms with Gasteiger partial charge in [-0.25, -0.2) is 15.0 Å². The molecule has 0 saturated carbocycles. The first-order valence-electron chi connectivity index (χ1n) is 7.93. The van der Waals surface area contributed by atoms with Crippen molar-refractivity contribution in [1.29, 1.82) is 0 Å². The minimum atomic E-state index is 0.193. The molecule has 0 spiro atoms. The Morgan fingerprint density at radius 3 is 2.87 bits per heavy atom. The van der Waals surface area contributed by atoms with Crippen LogP contribution in [0.2, 0.25) is 0 Å². The third-order valence-corrected chi connectivity index (χ3v) is 4.10. The molecule has 6 heteroatoms. The van der Waals surface area contributed by atoms with Gasteiger partial charge in [0.15, 0.2) is 17.0 Å². The van der Waals surface area contributed by atoms with E-state index >= 15 is 0 Å². The third-order valence-electron chi connectivity index (χ3n) is 4.10. The number of rotatable bonds is 2. The van der Waals surface area contributed by atoms with Gasteiger partial charge in [0.1, 0.15) is 12.7 Å². The van der Waals surface area contributed by atoms with Crippen LogP contribution in [0.5, 0.6) is 0 Å². The van der Waals surface area contributed by atoms with Crippen LogP contribution in [0.1, 0.15) is 13.3 Å². The zero-order valence-corrected chi connectivity index (χ0v) is 13.1. The van der Waals surface area contributed by atoms with Crippen molar-refractivity contribution < 1.29 is 4.74 Å². The van der Waals surface area contributed by atoms with Gasteiger partial charge < -0.3 is 9.64 Å². The van der Waals surface area contributed by atoms with Crippen LogP contribution in [0.3, 0.4) is 0 Å². The standard InChI is InChI=1S/C17H19N5O/c1-13-10-21(8-5-9-23-13)16-15-17(19-11-18-16)22(12-20-15)14-6-3-2-4-7-14/h2-4,6-7,11-13H,5,8-10H2,1H3/t13-/m0/s1. The molecule has 1 aromatic carbocycles. The van der Waals surface area contributed by atoms with Crippen molar-refractivity contribution in [2.24, 2.45) is 0 Å². The molecule has 3 aromatic rings. The Morgan fingerprint density at radius 2 is 2.00 bits per heavy atom. The highest BCUT2D eigenvalue weighted by atomic mass is 16.5. The lowest BCUT2D eigenvalue weighted by molar-refractivity contribution is 0.0820. The molecule has 3 heterocycles. The SMILES string of the molecule is C[C@H]1CN(c2ncnc3c2ncn3-c2ccccc2)CCCO1. The molecule has 118 valence electrons. The maximum absolute atomic E-state index is 5.73. The molecular formula is C17H19N5O. The molecule has 1 aliphatic rings. The van der Waals surface area contributed by atoms with Crippen molar-refractivity contribution in [1.82, 2.24) is 19.5 Å². The number of nitrogens with zero attached hydrogens (tertiary/aromatic N) is 5. The zero-order valence-electron chi connectivity index (χ0n) is 13.1. The Labute approximate surface area is 134 Å². The molecule has 2 aromatic heterocycles. The smallest absolute Gasteiger partial charge is 0.170 e. The summed E-state index contributed by atoms with van der Waals surface area (Å²) in [5, 5.41) is 0. The number of hydrogen-bond donors (Lipinski definition) is 0. The van der Waals surface area contributed by atoms with Crippen LogP contribution in [-0.4, -0.2) is 45.3 Å². The second-order valence-electron chi connectivity index (χ2n) is 5.80. The molecule has 6 nitrogen and oxygen atoms in total. The maximum Gasteiger partial charge on any atom is 0.170 e. The highest BCUT2D eigenvalue weighted by molar-refractivity contribution is 5.84. The quantitative estimate of drug-likeness (QED) is 0.728. The molecule has 1 atom stereocenters. The molecule has 1 aliphatic heterocycles. The van der Waals surface area contributed by atoms with Gasteiger partial charge in [0.05, 0.1) is 6.10 Å². The van der Waals surface area contributed by atoms with Gasteiger partial charge in [0.2, 0.25) is 0 Å². The topological polar surface area (TPSA) is 56.1 Å². The summed E-state index contributed by atoms with van der Waals surface area (Å²) in [5.74, 6) is 0.891. The predicted octanol–water partition coefficient (Wildman–Crippen LogP) is 2.43. The van der Waals surface area contributed by atoms with Gasteiger partial charge in [-0.05, 0) is 25.5 Å². The zero-order chi connectivity index (χ0) is 15.6. The average molecular weight is 309 g/mol. The van der Waals surface area contributed by atoms with Gasteiger partial charge in [0.25, 0.3) is 0 Å². The van der Waals surface area contributed by atoms with Crippen molar-refractivity contribution in [3.8, 4) is 5.69 Å².